The lowest BCUT2D eigenvalue weighted by Crippen LogP contribution is -2.06. The first-order valence-electron chi connectivity index (χ1n) is 10.5. The fourth-order valence-electron chi connectivity index (χ4n) is 3.88. The van der Waals surface area contributed by atoms with Crippen molar-refractivity contribution < 1.29 is 9.53 Å². The van der Waals surface area contributed by atoms with Gasteiger partial charge in [0.15, 0.2) is 0 Å². The first kappa shape index (κ1) is 21.1. The molecule has 160 valence electrons. The summed E-state index contributed by atoms with van der Waals surface area (Å²) in [5.41, 5.74) is 7.55. The number of aryl methyl sites for hydroxylation is 2. The van der Waals surface area contributed by atoms with E-state index in [2.05, 4.69) is 20.6 Å². The summed E-state index contributed by atoms with van der Waals surface area (Å²) in [5.74, 6) is 0.200. The summed E-state index contributed by atoms with van der Waals surface area (Å²) in [4.78, 5) is 20.0. The number of H-pyrrole nitrogens is 1. The van der Waals surface area contributed by atoms with Gasteiger partial charge in [-0.3, -0.25) is 0 Å². The largest absolute Gasteiger partial charge is 0.462 e. The van der Waals surface area contributed by atoms with Crippen LogP contribution >= 0.6 is 0 Å². The minimum atomic E-state index is -0.344. The molecule has 6 nitrogen and oxygen atoms in total. The third-order valence-electron chi connectivity index (χ3n) is 5.40. The van der Waals surface area contributed by atoms with Gasteiger partial charge >= 0.3 is 5.97 Å². The highest BCUT2D eigenvalue weighted by atomic mass is 16.5. The van der Waals surface area contributed by atoms with E-state index in [1.807, 2.05) is 69.3 Å². The Balaban J connectivity index is 1.75. The molecule has 0 fully saturated rings. The van der Waals surface area contributed by atoms with Crippen LogP contribution in [0.1, 0.15) is 45.6 Å². The summed E-state index contributed by atoms with van der Waals surface area (Å²) in [6.07, 6.45) is 1.85. The Hall–Kier alpha value is -4.11. The number of benzene rings is 2. The van der Waals surface area contributed by atoms with Crippen molar-refractivity contribution >= 4 is 28.7 Å². The van der Waals surface area contributed by atoms with Gasteiger partial charge in [-0.2, -0.15) is 5.26 Å². The molecule has 0 bridgehead atoms. The number of ether oxygens (including phenoxy) is 1. The Labute approximate surface area is 186 Å². The molecule has 0 atom stereocenters. The molecule has 0 aliphatic carbocycles. The molecule has 4 rings (SSSR count). The molecule has 0 radical (unpaired) electrons. The third-order valence-corrected chi connectivity index (χ3v) is 5.40. The quantitative estimate of drug-likeness (QED) is 0.338. The number of allylic oxidation sites excluding steroid dienone is 1. The zero-order valence-electron chi connectivity index (χ0n) is 18.6. The maximum absolute atomic E-state index is 12.2. The highest BCUT2D eigenvalue weighted by Crippen LogP contribution is 2.26. The highest BCUT2D eigenvalue weighted by molar-refractivity contribution is 5.91. The van der Waals surface area contributed by atoms with Crippen LogP contribution in [0.5, 0.6) is 0 Å². The van der Waals surface area contributed by atoms with Crippen molar-refractivity contribution in [3.05, 3.63) is 82.4 Å². The molecule has 6 heteroatoms. The molecule has 0 saturated carbocycles. The van der Waals surface area contributed by atoms with Crippen LogP contribution in [-0.2, 0) is 4.74 Å². The van der Waals surface area contributed by atoms with Crippen molar-refractivity contribution in [2.24, 2.45) is 0 Å². The van der Waals surface area contributed by atoms with Crippen LogP contribution in [0.2, 0.25) is 0 Å². The second kappa shape index (κ2) is 8.56. The molecule has 1 N–H and O–H groups in total. The molecule has 0 aliphatic rings. The van der Waals surface area contributed by atoms with Crippen molar-refractivity contribution in [3.63, 3.8) is 0 Å². The second-order valence-corrected chi connectivity index (χ2v) is 7.71. The van der Waals surface area contributed by atoms with Gasteiger partial charge in [-0.15, -0.1) is 0 Å². The Morgan fingerprint density at radius 1 is 1.19 bits per heavy atom. The second-order valence-electron chi connectivity index (χ2n) is 7.71. The Morgan fingerprint density at radius 2 is 2.00 bits per heavy atom. The maximum atomic E-state index is 12.2. The average Bonchev–Trinajstić information content (AvgIpc) is 3.31. The van der Waals surface area contributed by atoms with Gasteiger partial charge < -0.3 is 14.3 Å². The van der Waals surface area contributed by atoms with Gasteiger partial charge in [0.25, 0.3) is 0 Å². The summed E-state index contributed by atoms with van der Waals surface area (Å²) >= 11 is 0. The number of rotatable bonds is 5. The highest BCUT2D eigenvalue weighted by Gasteiger charge is 2.14. The van der Waals surface area contributed by atoms with Gasteiger partial charge in [0.2, 0.25) is 0 Å². The van der Waals surface area contributed by atoms with Gasteiger partial charge in [0, 0.05) is 17.1 Å². The summed E-state index contributed by atoms with van der Waals surface area (Å²) < 4.78 is 7.19. The number of imidazole rings is 1. The number of aromatic nitrogens is 3. The van der Waals surface area contributed by atoms with Crippen LogP contribution in [0.25, 0.3) is 28.4 Å². The number of carbonyl (C=O) groups excluding carboxylic acids is 1. The van der Waals surface area contributed by atoms with E-state index in [-0.39, 0.29) is 5.97 Å². The molecular formula is C26H24N4O2. The van der Waals surface area contributed by atoms with E-state index in [4.69, 9.17) is 4.74 Å². The summed E-state index contributed by atoms with van der Waals surface area (Å²) in [5, 5.41) is 9.82. The zero-order valence-corrected chi connectivity index (χ0v) is 18.6. The Bertz CT molecular complexity index is 1400. The average molecular weight is 425 g/mol. The molecule has 0 aliphatic heterocycles. The maximum Gasteiger partial charge on any atom is 0.338 e. The lowest BCUT2D eigenvalue weighted by molar-refractivity contribution is 0.0526. The van der Waals surface area contributed by atoms with Gasteiger partial charge in [-0.1, -0.05) is 12.1 Å². The number of nitriles is 1. The molecule has 0 spiro atoms. The molecule has 4 aromatic rings. The van der Waals surface area contributed by atoms with E-state index < -0.39 is 0 Å². The van der Waals surface area contributed by atoms with Gasteiger partial charge in [0.05, 0.1) is 28.8 Å². The zero-order chi connectivity index (χ0) is 22.8. The van der Waals surface area contributed by atoms with Crippen molar-refractivity contribution in [3.8, 4) is 11.8 Å². The van der Waals surface area contributed by atoms with Crippen molar-refractivity contribution in [2.75, 3.05) is 6.61 Å². The summed E-state index contributed by atoms with van der Waals surface area (Å²) in [6.45, 7) is 8.13. The van der Waals surface area contributed by atoms with Crippen LogP contribution in [-0.4, -0.2) is 27.1 Å². The van der Waals surface area contributed by atoms with Gasteiger partial charge in [-0.05, 0) is 81.3 Å². The van der Waals surface area contributed by atoms with Crippen LogP contribution in [0, 0.1) is 32.1 Å². The van der Waals surface area contributed by atoms with E-state index in [0.29, 0.717) is 23.6 Å². The van der Waals surface area contributed by atoms with Crippen molar-refractivity contribution in [1.82, 2.24) is 14.5 Å². The van der Waals surface area contributed by atoms with E-state index in [0.717, 1.165) is 39.2 Å². The standard InChI is InChI=1S/C26H24N4O2/c1-5-32-26(31)19-7-6-8-22(14-19)30-17(3)12-20(18(30)4)13-21(15-27)25-28-23-10-9-16(2)11-24(23)29-25/h6-14H,5H2,1-4H3,(H,28,29)/b21-13+. The summed E-state index contributed by atoms with van der Waals surface area (Å²) in [6, 6.07) is 17.6. The molecule has 2 aromatic carbocycles. The number of nitrogens with zero attached hydrogens (tertiary/aromatic N) is 3. The van der Waals surface area contributed by atoms with Crippen molar-refractivity contribution in [1.29, 1.82) is 5.26 Å². The number of aromatic amines is 1. The fourth-order valence-corrected chi connectivity index (χ4v) is 3.88. The minimum absolute atomic E-state index is 0.331. The Morgan fingerprint density at radius 3 is 2.75 bits per heavy atom. The van der Waals surface area contributed by atoms with Crippen LogP contribution in [0.15, 0.2) is 48.5 Å². The topological polar surface area (TPSA) is 83.7 Å². The molecule has 32 heavy (non-hydrogen) atoms. The van der Waals surface area contributed by atoms with Crippen LogP contribution in [0.4, 0.5) is 0 Å². The number of esters is 1. The molecule has 0 unspecified atom stereocenters. The van der Waals surface area contributed by atoms with E-state index in [1.165, 1.54) is 0 Å². The van der Waals surface area contributed by atoms with Crippen LogP contribution in [0.3, 0.4) is 0 Å². The molecular weight excluding hydrogens is 400 g/mol. The first-order chi connectivity index (χ1) is 15.4. The number of fused-ring (bicyclic) bond motifs is 1. The fraction of sp³-hybridized carbons (Fsp3) is 0.192. The molecule has 2 heterocycles. The summed E-state index contributed by atoms with van der Waals surface area (Å²) in [7, 11) is 0. The smallest absolute Gasteiger partial charge is 0.338 e. The minimum Gasteiger partial charge on any atom is -0.462 e. The normalized spacial score (nSPS) is 11.5. The lowest BCUT2D eigenvalue weighted by atomic mass is 10.1. The molecule has 0 saturated heterocycles. The predicted molar refractivity (Wildman–Crippen MR) is 126 cm³/mol. The van der Waals surface area contributed by atoms with E-state index in [9.17, 15) is 10.1 Å². The van der Waals surface area contributed by atoms with Crippen molar-refractivity contribution in [2.45, 2.75) is 27.7 Å². The van der Waals surface area contributed by atoms with Gasteiger partial charge in [-0.25, -0.2) is 9.78 Å². The third kappa shape index (κ3) is 3.93. The molecule has 2 aromatic heterocycles. The predicted octanol–water partition coefficient (Wildman–Crippen LogP) is 5.52. The van der Waals surface area contributed by atoms with Crippen LogP contribution < -0.4 is 0 Å². The van der Waals surface area contributed by atoms with E-state index in [1.54, 1.807) is 13.0 Å². The SMILES string of the molecule is CCOC(=O)c1cccc(-n2c(C)cc(/C=C(\C#N)c3nc4ccc(C)cc4[nH]3)c2C)c1. The first-order valence-corrected chi connectivity index (χ1v) is 10.5. The number of hydrogen-bond acceptors (Lipinski definition) is 4. The monoisotopic (exact) mass is 424 g/mol. The van der Waals surface area contributed by atoms with Gasteiger partial charge in [0.1, 0.15) is 11.9 Å². The Kier molecular flexibility index (Phi) is 5.65. The lowest BCUT2D eigenvalue weighted by Gasteiger charge is -2.11. The van der Waals surface area contributed by atoms with E-state index >= 15 is 0 Å². The molecule has 0 amide bonds. The number of nitrogens with one attached hydrogen (secondary N) is 1. The number of carbonyl (C=O) groups is 1. The number of hydrogen-bond donors (Lipinski definition) is 1.